The molecular weight excluding hydrogens is 196 g/mol. The van der Waals surface area contributed by atoms with Crippen LogP contribution in [0, 0.1) is 13.8 Å². The summed E-state index contributed by atoms with van der Waals surface area (Å²) in [6, 6.07) is 0.264. The first-order valence-corrected chi connectivity index (χ1v) is 5.69. The summed E-state index contributed by atoms with van der Waals surface area (Å²) < 4.78 is 0. The van der Waals surface area contributed by atoms with Gasteiger partial charge in [-0.3, -0.25) is 0 Å². The van der Waals surface area contributed by atoms with Crippen LogP contribution in [0.25, 0.3) is 0 Å². The van der Waals surface area contributed by atoms with Crippen molar-refractivity contribution >= 4 is 16.5 Å². The Kier molecular flexibility index (Phi) is 3.89. The molecule has 3 nitrogen and oxygen atoms in total. The van der Waals surface area contributed by atoms with E-state index in [0.29, 0.717) is 0 Å². The number of aromatic nitrogens is 1. The maximum atomic E-state index is 9.20. The summed E-state index contributed by atoms with van der Waals surface area (Å²) in [5, 5.41) is 13.4. The van der Waals surface area contributed by atoms with Gasteiger partial charge in [0.2, 0.25) is 0 Å². The van der Waals surface area contributed by atoms with E-state index in [2.05, 4.69) is 24.1 Å². The third kappa shape index (κ3) is 3.27. The maximum absolute atomic E-state index is 9.20. The van der Waals surface area contributed by atoms with Crippen molar-refractivity contribution in [1.82, 2.24) is 4.98 Å². The van der Waals surface area contributed by atoms with Crippen molar-refractivity contribution < 1.29 is 5.11 Å². The van der Waals surface area contributed by atoms with Gasteiger partial charge in [-0.05, 0) is 34.1 Å². The van der Waals surface area contributed by atoms with Crippen LogP contribution < -0.4 is 5.32 Å². The van der Waals surface area contributed by atoms with Crippen LogP contribution in [0.4, 0.5) is 5.13 Å². The number of anilines is 1. The van der Waals surface area contributed by atoms with Crippen molar-refractivity contribution in [3.63, 3.8) is 0 Å². The van der Waals surface area contributed by atoms with Crippen molar-refractivity contribution in [2.75, 3.05) is 5.32 Å². The second-order valence-electron chi connectivity index (χ2n) is 3.79. The van der Waals surface area contributed by atoms with E-state index in [-0.39, 0.29) is 12.1 Å². The van der Waals surface area contributed by atoms with Gasteiger partial charge in [0, 0.05) is 10.9 Å². The molecule has 14 heavy (non-hydrogen) atoms. The summed E-state index contributed by atoms with van der Waals surface area (Å²) in [5.74, 6) is 0. The lowest BCUT2D eigenvalue weighted by atomic mass is 10.2. The second-order valence-corrected chi connectivity index (χ2v) is 4.99. The molecule has 0 amide bonds. The number of aryl methyl sites for hydroxylation is 2. The van der Waals surface area contributed by atoms with E-state index in [9.17, 15) is 5.11 Å². The highest BCUT2D eigenvalue weighted by molar-refractivity contribution is 7.15. The van der Waals surface area contributed by atoms with Gasteiger partial charge in [-0.1, -0.05) is 0 Å². The zero-order valence-corrected chi connectivity index (χ0v) is 9.98. The molecule has 0 aliphatic heterocycles. The summed E-state index contributed by atoms with van der Waals surface area (Å²) in [6.45, 7) is 7.93. The second kappa shape index (κ2) is 4.75. The molecule has 0 radical (unpaired) electrons. The van der Waals surface area contributed by atoms with E-state index in [1.807, 2.05) is 6.92 Å². The highest BCUT2D eigenvalue weighted by atomic mass is 32.1. The molecule has 1 rings (SSSR count). The van der Waals surface area contributed by atoms with Crippen LogP contribution >= 0.6 is 11.3 Å². The molecule has 2 unspecified atom stereocenters. The van der Waals surface area contributed by atoms with E-state index >= 15 is 0 Å². The quantitative estimate of drug-likeness (QED) is 0.808. The van der Waals surface area contributed by atoms with E-state index in [1.54, 1.807) is 18.3 Å². The Labute approximate surface area is 89.2 Å². The molecule has 0 saturated carbocycles. The normalized spacial score (nSPS) is 15.2. The fourth-order valence-electron chi connectivity index (χ4n) is 1.32. The lowest BCUT2D eigenvalue weighted by Crippen LogP contribution is -2.20. The van der Waals surface area contributed by atoms with Crippen molar-refractivity contribution in [2.45, 2.75) is 46.3 Å². The summed E-state index contributed by atoms with van der Waals surface area (Å²) in [7, 11) is 0. The molecule has 0 fully saturated rings. The number of aliphatic hydroxyl groups excluding tert-OH is 1. The molecule has 0 bridgehead atoms. The minimum atomic E-state index is -0.264. The number of hydrogen-bond donors (Lipinski definition) is 2. The third-order valence-electron chi connectivity index (χ3n) is 2.09. The summed E-state index contributed by atoms with van der Waals surface area (Å²) in [5.41, 5.74) is 1.08. The Morgan fingerprint density at radius 2 is 2.07 bits per heavy atom. The minimum Gasteiger partial charge on any atom is -0.393 e. The zero-order valence-electron chi connectivity index (χ0n) is 9.16. The zero-order chi connectivity index (χ0) is 10.7. The maximum Gasteiger partial charge on any atom is 0.183 e. The summed E-state index contributed by atoms with van der Waals surface area (Å²) in [4.78, 5) is 5.63. The van der Waals surface area contributed by atoms with Gasteiger partial charge in [0.25, 0.3) is 0 Å². The standard InChI is InChI=1S/C10H18N2OS/c1-6(5-7(2)13)11-10-12-8(3)9(4)14-10/h6-7,13H,5H2,1-4H3,(H,11,12). The molecule has 0 aromatic carbocycles. The van der Waals surface area contributed by atoms with Crippen LogP contribution in [0.2, 0.25) is 0 Å². The van der Waals surface area contributed by atoms with Gasteiger partial charge >= 0.3 is 0 Å². The average molecular weight is 214 g/mol. The topological polar surface area (TPSA) is 45.2 Å². The van der Waals surface area contributed by atoms with Gasteiger partial charge in [0.15, 0.2) is 5.13 Å². The Hall–Kier alpha value is -0.610. The first-order valence-electron chi connectivity index (χ1n) is 4.87. The van der Waals surface area contributed by atoms with Crippen LogP contribution in [0.1, 0.15) is 30.8 Å². The highest BCUT2D eigenvalue weighted by Gasteiger charge is 2.09. The van der Waals surface area contributed by atoms with Crippen molar-refractivity contribution in [2.24, 2.45) is 0 Å². The van der Waals surface area contributed by atoms with Crippen molar-refractivity contribution in [3.05, 3.63) is 10.6 Å². The molecule has 0 aliphatic rings. The van der Waals surface area contributed by atoms with E-state index in [4.69, 9.17) is 0 Å². The van der Waals surface area contributed by atoms with Gasteiger partial charge in [-0.25, -0.2) is 4.98 Å². The highest BCUT2D eigenvalue weighted by Crippen LogP contribution is 2.22. The molecule has 2 atom stereocenters. The molecule has 80 valence electrons. The predicted molar refractivity (Wildman–Crippen MR) is 61.0 cm³/mol. The lowest BCUT2D eigenvalue weighted by molar-refractivity contribution is 0.179. The van der Waals surface area contributed by atoms with Crippen LogP contribution in [0.15, 0.2) is 0 Å². The largest absolute Gasteiger partial charge is 0.393 e. The average Bonchev–Trinajstić information content (AvgIpc) is 2.28. The molecule has 2 N–H and O–H groups in total. The fraction of sp³-hybridized carbons (Fsp3) is 0.700. The van der Waals surface area contributed by atoms with Crippen LogP contribution in [-0.2, 0) is 0 Å². The molecule has 1 aromatic rings. The van der Waals surface area contributed by atoms with Crippen LogP contribution in [-0.4, -0.2) is 22.2 Å². The van der Waals surface area contributed by atoms with E-state index < -0.39 is 0 Å². The SMILES string of the molecule is Cc1nc(NC(C)CC(C)O)sc1C. The Morgan fingerprint density at radius 3 is 2.50 bits per heavy atom. The Bertz CT molecular complexity index is 277. The summed E-state index contributed by atoms with van der Waals surface area (Å²) >= 11 is 1.67. The molecule has 4 heteroatoms. The van der Waals surface area contributed by atoms with Crippen molar-refractivity contribution in [3.8, 4) is 0 Å². The first kappa shape index (κ1) is 11.5. The van der Waals surface area contributed by atoms with Gasteiger partial charge < -0.3 is 10.4 Å². The van der Waals surface area contributed by atoms with Gasteiger partial charge in [-0.2, -0.15) is 0 Å². The fourth-order valence-corrected chi connectivity index (χ4v) is 2.24. The minimum absolute atomic E-state index is 0.264. The number of aliphatic hydroxyl groups is 1. The van der Waals surface area contributed by atoms with Gasteiger partial charge in [-0.15, -0.1) is 11.3 Å². The first-order chi connectivity index (χ1) is 6.49. The van der Waals surface area contributed by atoms with Crippen LogP contribution in [0.3, 0.4) is 0 Å². The number of thiazole rings is 1. The molecule has 0 aliphatic carbocycles. The number of nitrogens with one attached hydrogen (secondary N) is 1. The van der Waals surface area contributed by atoms with Crippen LogP contribution in [0.5, 0.6) is 0 Å². The third-order valence-corrected chi connectivity index (χ3v) is 3.10. The number of rotatable bonds is 4. The summed E-state index contributed by atoms with van der Waals surface area (Å²) in [6.07, 6.45) is 0.483. The van der Waals surface area contributed by atoms with Crippen molar-refractivity contribution in [1.29, 1.82) is 0 Å². The predicted octanol–water partition coefficient (Wildman–Crippen LogP) is 2.33. The molecule has 0 saturated heterocycles. The molecule has 0 spiro atoms. The molecule has 1 heterocycles. The van der Waals surface area contributed by atoms with E-state index in [1.165, 1.54) is 4.88 Å². The van der Waals surface area contributed by atoms with Gasteiger partial charge in [0.05, 0.1) is 11.8 Å². The Balaban J connectivity index is 2.51. The Morgan fingerprint density at radius 1 is 1.43 bits per heavy atom. The molecule has 1 aromatic heterocycles. The number of nitrogens with zero attached hydrogens (tertiary/aromatic N) is 1. The van der Waals surface area contributed by atoms with Gasteiger partial charge in [0.1, 0.15) is 0 Å². The number of hydrogen-bond acceptors (Lipinski definition) is 4. The monoisotopic (exact) mass is 214 g/mol. The van der Waals surface area contributed by atoms with E-state index in [0.717, 1.165) is 17.2 Å². The lowest BCUT2D eigenvalue weighted by Gasteiger charge is -2.14. The molecular formula is C10H18N2OS. The smallest absolute Gasteiger partial charge is 0.183 e.